The summed E-state index contributed by atoms with van der Waals surface area (Å²) in [5, 5.41) is 0. The molecule has 2 aliphatic rings. The Balaban J connectivity index is 1.37. The minimum Gasteiger partial charge on any atom is -0.443 e. The quantitative estimate of drug-likeness (QED) is 0.818. The van der Waals surface area contributed by atoms with Crippen molar-refractivity contribution in [2.45, 2.75) is 19.6 Å². The van der Waals surface area contributed by atoms with Crippen LogP contribution >= 0.6 is 0 Å². The standard InChI is InChI=1S/C22H28N4O2/c1-23-11-6-9-20(23)16-28-22(27)26-12-10-21-19(15-26)14-25(17-24(21)2)13-18-7-4-3-5-8-18/h3-9,11H,10,12-17H2,1-2H3. The van der Waals surface area contributed by atoms with Crippen LogP contribution in [0.2, 0.25) is 0 Å². The lowest BCUT2D eigenvalue weighted by Gasteiger charge is -2.42. The Labute approximate surface area is 166 Å². The van der Waals surface area contributed by atoms with Crippen LogP contribution in [0.25, 0.3) is 0 Å². The summed E-state index contributed by atoms with van der Waals surface area (Å²) < 4.78 is 7.53. The van der Waals surface area contributed by atoms with E-state index in [1.165, 1.54) is 16.8 Å². The second-order valence-corrected chi connectivity index (χ2v) is 7.70. The number of carbonyl (C=O) groups excluding carboxylic acids is 1. The third-order valence-electron chi connectivity index (χ3n) is 5.60. The number of aromatic nitrogens is 1. The van der Waals surface area contributed by atoms with Crippen LogP contribution in [0, 0.1) is 0 Å². The molecule has 0 saturated heterocycles. The predicted molar refractivity (Wildman–Crippen MR) is 108 cm³/mol. The Hall–Kier alpha value is -2.73. The Kier molecular flexibility index (Phi) is 5.39. The maximum atomic E-state index is 12.6. The van der Waals surface area contributed by atoms with Crippen molar-refractivity contribution in [2.24, 2.45) is 7.05 Å². The zero-order chi connectivity index (χ0) is 19.5. The Morgan fingerprint density at radius 3 is 2.64 bits per heavy atom. The highest BCUT2D eigenvalue weighted by atomic mass is 16.6. The minimum absolute atomic E-state index is 0.226. The number of ether oxygens (including phenoxy) is 1. The SMILES string of the molecule is CN1CN(Cc2ccccc2)CC2=C1CCN(C(=O)OCc1cccn1C)C2. The van der Waals surface area contributed by atoms with Gasteiger partial charge in [0.25, 0.3) is 0 Å². The molecule has 0 aliphatic carbocycles. The van der Waals surface area contributed by atoms with Crippen LogP contribution in [0.4, 0.5) is 4.79 Å². The maximum absolute atomic E-state index is 12.6. The molecule has 2 aromatic rings. The molecule has 3 heterocycles. The van der Waals surface area contributed by atoms with Gasteiger partial charge < -0.3 is 19.1 Å². The molecule has 6 nitrogen and oxygen atoms in total. The van der Waals surface area contributed by atoms with E-state index in [1.807, 2.05) is 40.9 Å². The largest absolute Gasteiger partial charge is 0.443 e. The van der Waals surface area contributed by atoms with Crippen molar-refractivity contribution >= 4 is 6.09 Å². The monoisotopic (exact) mass is 380 g/mol. The fraction of sp³-hybridized carbons (Fsp3) is 0.409. The Morgan fingerprint density at radius 2 is 1.89 bits per heavy atom. The first-order valence-corrected chi connectivity index (χ1v) is 9.80. The lowest BCUT2D eigenvalue weighted by molar-refractivity contribution is 0.0857. The summed E-state index contributed by atoms with van der Waals surface area (Å²) in [5.41, 5.74) is 5.02. The summed E-state index contributed by atoms with van der Waals surface area (Å²) in [7, 11) is 4.11. The molecule has 0 saturated carbocycles. The number of benzene rings is 1. The van der Waals surface area contributed by atoms with E-state index < -0.39 is 0 Å². The molecular weight excluding hydrogens is 352 g/mol. The molecular formula is C22H28N4O2. The number of hydrogen-bond donors (Lipinski definition) is 0. The molecule has 2 aliphatic heterocycles. The number of hydrogen-bond acceptors (Lipinski definition) is 4. The van der Waals surface area contributed by atoms with Gasteiger partial charge in [-0.25, -0.2) is 4.79 Å². The second kappa shape index (κ2) is 8.10. The third kappa shape index (κ3) is 4.07. The van der Waals surface area contributed by atoms with Gasteiger partial charge in [0, 0.05) is 58.6 Å². The van der Waals surface area contributed by atoms with Crippen LogP contribution in [0.1, 0.15) is 17.7 Å². The smallest absolute Gasteiger partial charge is 0.410 e. The lowest BCUT2D eigenvalue weighted by atomic mass is 10.0. The van der Waals surface area contributed by atoms with Crippen LogP contribution in [-0.2, 0) is 24.9 Å². The van der Waals surface area contributed by atoms with E-state index in [4.69, 9.17) is 4.74 Å². The summed E-state index contributed by atoms with van der Waals surface area (Å²) in [6, 6.07) is 14.5. The molecule has 1 aromatic heterocycles. The van der Waals surface area contributed by atoms with Crippen LogP contribution in [0.15, 0.2) is 59.9 Å². The van der Waals surface area contributed by atoms with Crippen molar-refractivity contribution < 1.29 is 9.53 Å². The first-order valence-electron chi connectivity index (χ1n) is 9.80. The third-order valence-corrected chi connectivity index (χ3v) is 5.60. The molecule has 0 unspecified atom stereocenters. The summed E-state index contributed by atoms with van der Waals surface area (Å²) in [4.78, 5) is 19.2. The number of aryl methyl sites for hydroxylation is 1. The van der Waals surface area contributed by atoms with Crippen LogP contribution in [-0.4, -0.2) is 58.7 Å². The molecule has 0 atom stereocenters. The van der Waals surface area contributed by atoms with Gasteiger partial charge in [-0.15, -0.1) is 0 Å². The molecule has 1 amide bonds. The van der Waals surface area contributed by atoms with E-state index in [-0.39, 0.29) is 6.09 Å². The van der Waals surface area contributed by atoms with Crippen LogP contribution in [0.3, 0.4) is 0 Å². The average molecular weight is 380 g/mol. The normalized spacial score (nSPS) is 17.6. The molecule has 28 heavy (non-hydrogen) atoms. The zero-order valence-corrected chi connectivity index (χ0v) is 16.7. The highest BCUT2D eigenvalue weighted by Crippen LogP contribution is 2.27. The molecule has 1 aromatic carbocycles. The second-order valence-electron chi connectivity index (χ2n) is 7.70. The van der Waals surface area contributed by atoms with Crippen molar-refractivity contribution in [3.05, 3.63) is 71.2 Å². The van der Waals surface area contributed by atoms with E-state index in [2.05, 4.69) is 41.1 Å². The van der Waals surface area contributed by atoms with E-state index >= 15 is 0 Å². The number of carbonyl (C=O) groups is 1. The van der Waals surface area contributed by atoms with Gasteiger partial charge in [-0.1, -0.05) is 30.3 Å². The Morgan fingerprint density at radius 1 is 1.07 bits per heavy atom. The maximum Gasteiger partial charge on any atom is 0.410 e. The highest BCUT2D eigenvalue weighted by Gasteiger charge is 2.30. The molecule has 0 N–H and O–H groups in total. The molecule has 148 valence electrons. The van der Waals surface area contributed by atoms with Crippen molar-refractivity contribution in [1.29, 1.82) is 0 Å². The van der Waals surface area contributed by atoms with Crippen molar-refractivity contribution in [2.75, 3.05) is 33.4 Å². The molecule has 0 bridgehead atoms. The fourth-order valence-electron chi connectivity index (χ4n) is 4.10. The van der Waals surface area contributed by atoms with E-state index in [0.29, 0.717) is 19.7 Å². The summed E-state index contributed by atoms with van der Waals surface area (Å²) in [6.45, 7) is 4.41. The summed E-state index contributed by atoms with van der Waals surface area (Å²) in [5.74, 6) is 0. The Bertz CT molecular complexity index is 858. The van der Waals surface area contributed by atoms with Gasteiger partial charge in [-0.05, 0) is 23.3 Å². The first kappa shape index (κ1) is 18.6. The number of amides is 1. The van der Waals surface area contributed by atoms with E-state index in [9.17, 15) is 4.79 Å². The van der Waals surface area contributed by atoms with Gasteiger partial charge in [0.05, 0.1) is 12.4 Å². The van der Waals surface area contributed by atoms with Crippen LogP contribution in [0.5, 0.6) is 0 Å². The van der Waals surface area contributed by atoms with Crippen molar-refractivity contribution in [3.8, 4) is 0 Å². The molecule has 0 spiro atoms. The number of rotatable bonds is 4. The van der Waals surface area contributed by atoms with E-state index in [1.54, 1.807) is 0 Å². The minimum atomic E-state index is -0.226. The summed E-state index contributed by atoms with van der Waals surface area (Å²) in [6.07, 6.45) is 2.63. The molecule has 6 heteroatoms. The van der Waals surface area contributed by atoms with Gasteiger partial charge in [0.15, 0.2) is 0 Å². The summed E-state index contributed by atoms with van der Waals surface area (Å²) >= 11 is 0. The highest BCUT2D eigenvalue weighted by molar-refractivity contribution is 5.68. The van der Waals surface area contributed by atoms with Gasteiger partial charge in [-0.3, -0.25) is 4.90 Å². The molecule has 0 radical (unpaired) electrons. The fourth-order valence-corrected chi connectivity index (χ4v) is 4.10. The van der Waals surface area contributed by atoms with Crippen molar-refractivity contribution in [1.82, 2.24) is 19.3 Å². The molecule has 0 fully saturated rings. The van der Waals surface area contributed by atoms with Gasteiger partial charge >= 0.3 is 6.09 Å². The van der Waals surface area contributed by atoms with Gasteiger partial charge in [0.2, 0.25) is 0 Å². The first-order chi connectivity index (χ1) is 13.6. The van der Waals surface area contributed by atoms with Gasteiger partial charge in [0.1, 0.15) is 6.61 Å². The van der Waals surface area contributed by atoms with Gasteiger partial charge in [-0.2, -0.15) is 0 Å². The van der Waals surface area contributed by atoms with E-state index in [0.717, 1.165) is 31.9 Å². The number of nitrogens with zero attached hydrogens (tertiary/aromatic N) is 4. The topological polar surface area (TPSA) is 40.9 Å². The zero-order valence-electron chi connectivity index (χ0n) is 16.7. The van der Waals surface area contributed by atoms with Crippen LogP contribution < -0.4 is 0 Å². The lowest BCUT2D eigenvalue weighted by Crippen LogP contribution is -2.48. The van der Waals surface area contributed by atoms with Crippen molar-refractivity contribution in [3.63, 3.8) is 0 Å². The predicted octanol–water partition coefficient (Wildman–Crippen LogP) is 3.03. The average Bonchev–Trinajstić information content (AvgIpc) is 3.11. The molecule has 4 rings (SSSR count).